The summed E-state index contributed by atoms with van der Waals surface area (Å²) < 4.78 is 5.25. The highest BCUT2D eigenvalue weighted by Crippen LogP contribution is 2.22. The number of amides is 1. The minimum atomic E-state index is -0.0898. The van der Waals surface area contributed by atoms with Gasteiger partial charge in [0, 0.05) is 12.6 Å². The van der Waals surface area contributed by atoms with Gasteiger partial charge in [-0.05, 0) is 32.1 Å². The summed E-state index contributed by atoms with van der Waals surface area (Å²) in [6.45, 7) is 5.69. The molecule has 1 aliphatic heterocycles. The first kappa shape index (κ1) is 14.3. The number of carbonyl (C=O) groups excluding carboxylic acids is 1. The maximum absolute atomic E-state index is 11.9. The second-order valence-electron chi connectivity index (χ2n) is 4.95. The Labute approximate surface area is 106 Å². The molecule has 0 aliphatic carbocycles. The number of unbranched alkanes of at least 4 members (excludes halogenated alkanes) is 2. The zero-order chi connectivity index (χ0) is 12.5. The molecule has 0 bridgehead atoms. The number of hydrogen-bond acceptors (Lipinski definition) is 2. The van der Waals surface area contributed by atoms with Crippen LogP contribution in [0.5, 0.6) is 0 Å². The normalized spacial score (nSPS) is 20.4. The summed E-state index contributed by atoms with van der Waals surface area (Å²) in [5, 5.41) is 0. The first-order valence-corrected chi connectivity index (χ1v) is 7.23. The quantitative estimate of drug-likeness (QED) is 0.659. The Morgan fingerprint density at radius 3 is 2.76 bits per heavy atom. The van der Waals surface area contributed by atoms with Crippen LogP contribution in [-0.2, 0) is 4.74 Å². The van der Waals surface area contributed by atoms with Crippen molar-refractivity contribution in [2.45, 2.75) is 71.3 Å². The lowest BCUT2D eigenvalue weighted by molar-refractivity contribution is 0.0703. The highest BCUT2D eigenvalue weighted by molar-refractivity contribution is 5.68. The summed E-state index contributed by atoms with van der Waals surface area (Å²) in [6.07, 6.45) is 9.26. The number of rotatable bonds is 6. The van der Waals surface area contributed by atoms with Gasteiger partial charge in [-0.15, -0.1) is 0 Å². The zero-order valence-corrected chi connectivity index (χ0v) is 11.4. The highest BCUT2D eigenvalue weighted by Gasteiger charge is 2.26. The molecule has 1 aliphatic rings. The molecule has 1 unspecified atom stereocenters. The zero-order valence-electron chi connectivity index (χ0n) is 11.4. The first-order chi connectivity index (χ1) is 8.29. The molecule has 17 heavy (non-hydrogen) atoms. The predicted octanol–water partition coefficient (Wildman–Crippen LogP) is 3.97. The van der Waals surface area contributed by atoms with Crippen molar-refractivity contribution >= 4 is 6.09 Å². The molecule has 100 valence electrons. The van der Waals surface area contributed by atoms with Gasteiger partial charge in [-0.2, -0.15) is 0 Å². The Morgan fingerprint density at radius 2 is 2.06 bits per heavy atom. The second-order valence-corrected chi connectivity index (χ2v) is 4.95. The van der Waals surface area contributed by atoms with Crippen LogP contribution in [0.1, 0.15) is 65.2 Å². The average molecular weight is 241 g/mol. The molecule has 0 N–H and O–H groups in total. The molecule has 1 saturated heterocycles. The third kappa shape index (κ3) is 4.97. The fraction of sp³-hybridized carbons (Fsp3) is 0.929. The van der Waals surface area contributed by atoms with E-state index >= 15 is 0 Å². The summed E-state index contributed by atoms with van der Waals surface area (Å²) in [5.74, 6) is 0. The van der Waals surface area contributed by atoms with Gasteiger partial charge in [-0.1, -0.05) is 33.1 Å². The van der Waals surface area contributed by atoms with E-state index in [1.807, 2.05) is 11.8 Å². The van der Waals surface area contributed by atoms with Gasteiger partial charge < -0.3 is 9.64 Å². The van der Waals surface area contributed by atoms with Crippen molar-refractivity contribution in [1.29, 1.82) is 0 Å². The molecule has 0 spiro atoms. The standard InChI is InChI=1S/C14H27NO2/c1-3-5-6-9-13-10-7-8-11-15(13)14(16)17-12-4-2/h13H,3-12H2,1-2H3. The lowest BCUT2D eigenvalue weighted by atomic mass is 9.97. The van der Waals surface area contributed by atoms with Gasteiger partial charge in [0.2, 0.25) is 0 Å². The van der Waals surface area contributed by atoms with Gasteiger partial charge in [-0.3, -0.25) is 0 Å². The smallest absolute Gasteiger partial charge is 0.410 e. The van der Waals surface area contributed by atoms with E-state index in [1.54, 1.807) is 0 Å². The van der Waals surface area contributed by atoms with Gasteiger partial charge in [0.1, 0.15) is 0 Å². The Balaban J connectivity index is 2.38. The van der Waals surface area contributed by atoms with Crippen LogP contribution in [0.3, 0.4) is 0 Å². The molecular weight excluding hydrogens is 214 g/mol. The van der Waals surface area contributed by atoms with Crippen molar-refractivity contribution < 1.29 is 9.53 Å². The van der Waals surface area contributed by atoms with Crippen LogP contribution in [0, 0.1) is 0 Å². The van der Waals surface area contributed by atoms with E-state index in [0.29, 0.717) is 12.6 Å². The van der Waals surface area contributed by atoms with Crippen molar-refractivity contribution in [1.82, 2.24) is 4.90 Å². The van der Waals surface area contributed by atoms with E-state index in [-0.39, 0.29) is 6.09 Å². The number of hydrogen-bond donors (Lipinski definition) is 0. The van der Waals surface area contributed by atoms with E-state index in [0.717, 1.165) is 32.2 Å². The minimum absolute atomic E-state index is 0.0898. The van der Waals surface area contributed by atoms with Gasteiger partial charge in [0.05, 0.1) is 6.61 Å². The van der Waals surface area contributed by atoms with Crippen LogP contribution in [0.25, 0.3) is 0 Å². The third-order valence-electron chi connectivity index (χ3n) is 3.43. The van der Waals surface area contributed by atoms with E-state index in [2.05, 4.69) is 6.92 Å². The molecule has 1 amide bonds. The third-order valence-corrected chi connectivity index (χ3v) is 3.43. The van der Waals surface area contributed by atoms with Crippen LogP contribution in [0.4, 0.5) is 4.79 Å². The predicted molar refractivity (Wildman–Crippen MR) is 70.1 cm³/mol. The number of nitrogens with zero attached hydrogens (tertiary/aromatic N) is 1. The molecule has 3 heteroatoms. The van der Waals surface area contributed by atoms with E-state index in [4.69, 9.17) is 4.74 Å². The molecular formula is C14H27NO2. The Bertz CT molecular complexity index is 218. The number of likely N-dealkylation sites (tertiary alicyclic amines) is 1. The molecule has 0 aromatic carbocycles. The van der Waals surface area contributed by atoms with Crippen LogP contribution in [0.2, 0.25) is 0 Å². The fourth-order valence-corrected chi connectivity index (χ4v) is 2.44. The van der Waals surface area contributed by atoms with Gasteiger partial charge in [0.15, 0.2) is 0 Å². The van der Waals surface area contributed by atoms with Crippen LogP contribution in [-0.4, -0.2) is 30.2 Å². The van der Waals surface area contributed by atoms with E-state index in [9.17, 15) is 4.79 Å². The van der Waals surface area contributed by atoms with Crippen LogP contribution in [0.15, 0.2) is 0 Å². The monoisotopic (exact) mass is 241 g/mol. The summed E-state index contributed by atoms with van der Waals surface area (Å²) in [5.41, 5.74) is 0. The van der Waals surface area contributed by atoms with Gasteiger partial charge >= 0.3 is 6.09 Å². The first-order valence-electron chi connectivity index (χ1n) is 7.23. The molecule has 0 saturated carbocycles. The lowest BCUT2D eigenvalue weighted by Gasteiger charge is -2.35. The molecule has 1 rings (SSSR count). The van der Waals surface area contributed by atoms with Crippen molar-refractivity contribution in [3.05, 3.63) is 0 Å². The van der Waals surface area contributed by atoms with Crippen molar-refractivity contribution in [2.24, 2.45) is 0 Å². The van der Waals surface area contributed by atoms with Crippen molar-refractivity contribution in [2.75, 3.05) is 13.2 Å². The molecule has 1 fully saturated rings. The number of carbonyl (C=O) groups is 1. The second kappa shape index (κ2) is 8.37. The molecule has 1 atom stereocenters. The summed E-state index contributed by atoms with van der Waals surface area (Å²) >= 11 is 0. The van der Waals surface area contributed by atoms with E-state index in [1.165, 1.54) is 25.7 Å². The molecule has 0 radical (unpaired) electrons. The molecule has 1 heterocycles. The Morgan fingerprint density at radius 1 is 1.24 bits per heavy atom. The minimum Gasteiger partial charge on any atom is -0.449 e. The lowest BCUT2D eigenvalue weighted by Crippen LogP contribution is -2.44. The summed E-state index contributed by atoms with van der Waals surface area (Å²) in [6, 6.07) is 0.430. The average Bonchev–Trinajstić information content (AvgIpc) is 2.37. The Hall–Kier alpha value is -0.730. The largest absolute Gasteiger partial charge is 0.449 e. The topological polar surface area (TPSA) is 29.5 Å². The maximum Gasteiger partial charge on any atom is 0.410 e. The number of ether oxygens (including phenoxy) is 1. The summed E-state index contributed by atoms with van der Waals surface area (Å²) in [7, 11) is 0. The highest BCUT2D eigenvalue weighted by atomic mass is 16.6. The fourth-order valence-electron chi connectivity index (χ4n) is 2.44. The summed E-state index contributed by atoms with van der Waals surface area (Å²) in [4.78, 5) is 13.9. The van der Waals surface area contributed by atoms with E-state index < -0.39 is 0 Å². The van der Waals surface area contributed by atoms with Gasteiger partial charge in [-0.25, -0.2) is 4.79 Å². The number of piperidine rings is 1. The molecule has 0 aromatic heterocycles. The van der Waals surface area contributed by atoms with Crippen LogP contribution >= 0.6 is 0 Å². The van der Waals surface area contributed by atoms with Crippen LogP contribution < -0.4 is 0 Å². The maximum atomic E-state index is 11.9. The van der Waals surface area contributed by atoms with Crippen molar-refractivity contribution in [3.8, 4) is 0 Å². The van der Waals surface area contributed by atoms with Crippen molar-refractivity contribution in [3.63, 3.8) is 0 Å². The SMILES string of the molecule is CCCCCC1CCCCN1C(=O)OCCC. The molecule has 0 aromatic rings. The Kier molecular flexibility index (Phi) is 7.06. The van der Waals surface area contributed by atoms with Gasteiger partial charge in [0.25, 0.3) is 0 Å². The molecule has 3 nitrogen and oxygen atoms in total.